The molecular formula is C15H18N4O2. The minimum absolute atomic E-state index is 0.0589. The molecule has 1 aliphatic heterocycles. The molecule has 0 saturated carbocycles. The first-order valence-electron chi connectivity index (χ1n) is 6.99. The number of carbonyl (C=O) groups excluding carboxylic acids is 1. The third-order valence-corrected chi connectivity index (χ3v) is 3.65. The van der Waals surface area contributed by atoms with E-state index in [2.05, 4.69) is 10.2 Å². The van der Waals surface area contributed by atoms with Gasteiger partial charge in [0, 0.05) is 18.7 Å². The molecule has 6 nitrogen and oxygen atoms in total. The van der Waals surface area contributed by atoms with E-state index in [1.54, 1.807) is 0 Å². The highest BCUT2D eigenvalue weighted by atomic mass is 16.5. The fourth-order valence-electron chi connectivity index (χ4n) is 2.48. The minimum Gasteiger partial charge on any atom is -0.382 e. The lowest BCUT2D eigenvalue weighted by molar-refractivity contribution is -0.134. The molecule has 1 amide bonds. The van der Waals surface area contributed by atoms with Gasteiger partial charge in [0.1, 0.15) is 5.82 Å². The number of rotatable bonds is 3. The predicted molar refractivity (Wildman–Crippen MR) is 79.5 cm³/mol. The van der Waals surface area contributed by atoms with Crippen LogP contribution >= 0.6 is 0 Å². The second kappa shape index (κ2) is 5.97. The molecule has 1 fully saturated rings. The summed E-state index contributed by atoms with van der Waals surface area (Å²) >= 11 is 0. The van der Waals surface area contributed by atoms with Crippen molar-refractivity contribution < 1.29 is 9.53 Å². The van der Waals surface area contributed by atoms with E-state index in [0.29, 0.717) is 32.1 Å². The van der Waals surface area contributed by atoms with Gasteiger partial charge in [-0.3, -0.25) is 9.89 Å². The second-order valence-corrected chi connectivity index (χ2v) is 5.00. The van der Waals surface area contributed by atoms with Crippen LogP contribution in [0.1, 0.15) is 5.56 Å². The number of morpholine rings is 1. The van der Waals surface area contributed by atoms with Crippen molar-refractivity contribution in [1.82, 2.24) is 15.1 Å². The average Bonchev–Trinajstić information content (AvgIpc) is 2.90. The van der Waals surface area contributed by atoms with Crippen molar-refractivity contribution in [3.8, 4) is 11.3 Å². The summed E-state index contributed by atoms with van der Waals surface area (Å²) in [6.07, 6.45) is 0.257. The third-order valence-electron chi connectivity index (χ3n) is 3.65. The van der Waals surface area contributed by atoms with Gasteiger partial charge in [0.15, 0.2) is 0 Å². The molecule has 0 spiro atoms. The summed E-state index contributed by atoms with van der Waals surface area (Å²) in [4.78, 5) is 14.2. The lowest BCUT2D eigenvalue weighted by atomic mass is 10.0. The van der Waals surface area contributed by atoms with Crippen LogP contribution in [0, 0.1) is 0 Å². The van der Waals surface area contributed by atoms with E-state index < -0.39 is 0 Å². The standard InChI is InChI=1S/C15H18N4O2/c16-15-12(10-13(20)19-6-8-21-9-7-19)14(17-18-15)11-4-2-1-3-5-11/h1-5H,6-10H2,(H3,16,17,18). The van der Waals surface area contributed by atoms with Crippen molar-refractivity contribution >= 4 is 11.7 Å². The van der Waals surface area contributed by atoms with Crippen molar-refractivity contribution in [2.45, 2.75) is 6.42 Å². The van der Waals surface area contributed by atoms with Gasteiger partial charge in [-0.15, -0.1) is 0 Å². The maximum atomic E-state index is 12.4. The first-order valence-corrected chi connectivity index (χ1v) is 6.99. The smallest absolute Gasteiger partial charge is 0.227 e. The fraction of sp³-hybridized carbons (Fsp3) is 0.333. The first kappa shape index (κ1) is 13.6. The number of aromatic nitrogens is 2. The topological polar surface area (TPSA) is 84.2 Å². The number of aromatic amines is 1. The Hall–Kier alpha value is -2.34. The van der Waals surface area contributed by atoms with Gasteiger partial charge in [0.2, 0.25) is 5.91 Å². The van der Waals surface area contributed by atoms with Gasteiger partial charge in [-0.25, -0.2) is 0 Å². The van der Waals surface area contributed by atoms with Gasteiger partial charge < -0.3 is 15.4 Å². The van der Waals surface area contributed by atoms with E-state index in [9.17, 15) is 4.79 Å². The number of hydrogen-bond donors (Lipinski definition) is 2. The second-order valence-electron chi connectivity index (χ2n) is 5.00. The highest BCUT2D eigenvalue weighted by Crippen LogP contribution is 2.25. The van der Waals surface area contributed by atoms with E-state index in [0.717, 1.165) is 16.8 Å². The zero-order valence-corrected chi connectivity index (χ0v) is 11.7. The number of nitrogens with one attached hydrogen (secondary N) is 1. The third kappa shape index (κ3) is 2.90. The highest BCUT2D eigenvalue weighted by molar-refractivity contribution is 5.83. The van der Waals surface area contributed by atoms with Crippen LogP contribution in [0.2, 0.25) is 0 Å². The van der Waals surface area contributed by atoms with Crippen LogP contribution in [0.5, 0.6) is 0 Å². The highest BCUT2D eigenvalue weighted by Gasteiger charge is 2.21. The lowest BCUT2D eigenvalue weighted by Gasteiger charge is -2.26. The molecule has 0 bridgehead atoms. The Balaban J connectivity index is 1.82. The molecule has 0 aliphatic carbocycles. The largest absolute Gasteiger partial charge is 0.382 e. The number of anilines is 1. The van der Waals surface area contributed by atoms with Crippen molar-refractivity contribution in [2.24, 2.45) is 0 Å². The molecule has 3 rings (SSSR count). The fourth-order valence-corrected chi connectivity index (χ4v) is 2.48. The zero-order valence-electron chi connectivity index (χ0n) is 11.7. The number of nitrogens with two attached hydrogens (primary N) is 1. The van der Waals surface area contributed by atoms with Gasteiger partial charge in [-0.2, -0.15) is 5.10 Å². The summed E-state index contributed by atoms with van der Waals surface area (Å²) < 4.78 is 5.26. The summed E-state index contributed by atoms with van der Waals surface area (Å²) in [5.74, 6) is 0.444. The Labute approximate surface area is 122 Å². The Morgan fingerprint density at radius 3 is 2.71 bits per heavy atom. The summed E-state index contributed by atoms with van der Waals surface area (Å²) in [7, 11) is 0. The van der Waals surface area contributed by atoms with E-state index >= 15 is 0 Å². The molecule has 2 aromatic rings. The quantitative estimate of drug-likeness (QED) is 0.883. The Morgan fingerprint density at radius 2 is 2.00 bits per heavy atom. The normalized spacial score (nSPS) is 15.1. The number of nitrogens with zero attached hydrogens (tertiary/aromatic N) is 2. The molecule has 6 heteroatoms. The maximum absolute atomic E-state index is 12.4. The zero-order chi connectivity index (χ0) is 14.7. The van der Waals surface area contributed by atoms with Gasteiger partial charge in [-0.1, -0.05) is 30.3 Å². The summed E-state index contributed by atoms with van der Waals surface area (Å²) in [5.41, 5.74) is 8.47. The number of amides is 1. The molecule has 0 unspecified atom stereocenters. The van der Waals surface area contributed by atoms with Crippen molar-refractivity contribution in [3.05, 3.63) is 35.9 Å². The number of hydrogen-bond acceptors (Lipinski definition) is 4. The number of carbonyl (C=O) groups is 1. The van der Waals surface area contributed by atoms with E-state index in [-0.39, 0.29) is 12.3 Å². The van der Waals surface area contributed by atoms with Crippen molar-refractivity contribution in [1.29, 1.82) is 0 Å². The van der Waals surface area contributed by atoms with Gasteiger partial charge in [0.05, 0.1) is 25.3 Å². The summed E-state index contributed by atoms with van der Waals surface area (Å²) in [6.45, 7) is 2.46. The van der Waals surface area contributed by atoms with Gasteiger partial charge >= 0.3 is 0 Å². The predicted octanol–water partition coefficient (Wildman–Crippen LogP) is 1.06. The van der Waals surface area contributed by atoms with Crippen LogP contribution in [0.15, 0.2) is 30.3 Å². The number of ether oxygens (including phenoxy) is 1. The molecular weight excluding hydrogens is 268 g/mol. The molecule has 1 saturated heterocycles. The van der Waals surface area contributed by atoms with Crippen LogP contribution in [-0.2, 0) is 16.0 Å². The van der Waals surface area contributed by atoms with Crippen molar-refractivity contribution in [2.75, 3.05) is 32.0 Å². The Kier molecular flexibility index (Phi) is 3.87. The Morgan fingerprint density at radius 1 is 1.29 bits per heavy atom. The van der Waals surface area contributed by atoms with E-state index in [1.807, 2.05) is 35.2 Å². The molecule has 3 N–H and O–H groups in total. The van der Waals surface area contributed by atoms with E-state index in [1.165, 1.54) is 0 Å². The summed E-state index contributed by atoms with van der Waals surface area (Å²) in [6, 6.07) is 9.77. The summed E-state index contributed by atoms with van der Waals surface area (Å²) in [5, 5.41) is 6.98. The average molecular weight is 286 g/mol. The first-order chi connectivity index (χ1) is 10.3. The van der Waals surface area contributed by atoms with Gasteiger partial charge in [0.25, 0.3) is 0 Å². The molecule has 110 valence electrons. The van der Waals surface area contributed by atoms with Crippen LogP contribution < -0.4 is 5.73 Å². The van der Waals surface area contributed by atoms with Crippen LogP contribution in [0.25, 0.3) is 11.3 Å². The number of benzene rings is 1. The Bertz CT molecular complexity index is 618. The minimum atomic E-state index is 0.0589. The van der Waals surface area contributed by atoms with Crippen LogP contribution in [-0.4, -0.2) is 47.3 Å². The van der Waals surface area contributed by atoms with Crippen LogP contribution in [0.4, 0.5) is 5.82 Å². The lowest BCUT2D eigenvalue weighted by Crippen LogP contribution is -2.41. The molecule has 2 heterocycles. The number of H-pyrrole nitrogens is 1. The molecule has 1 aromatic carbocycles. The molecule has 1 aromatic heterocycles. The van der Waals surface area contributed by atoms with E-state index in [4.69, 9.17) is 10.5 Å². The number of nitrogen functional groups attached to an aromatic ring is 1. The van der Waals surface area contributed by atoms with Crippen molar-refractivity contribution in [3.63, 3.8) is 0 Å². The molecule has 0 radical (unpaired) electrons. The SMILES string of the molecule is Nc1n[nH]c(-c2ccccc2)c1CC(=O)N1CCOCC1. The molecule has 21 heavy (non-hydrogen) atoms. The molecule has 1 aliphatic rings. The monoisotopic (exact) mass is 286 g/mol. The molecule has 0 atom stereocenters. The van der Waals surface area contributed by atoms with Gasteiger partial charge in [-0.05, 0) is 5.56 Å². The maximum Gasteiger partial charge on any atom is 0.227 e. The van der Waals surface area contributed by atoms with Crippen LogP contribution in [0.3, 0.4) is 0 Å².